The van der Waals surface area contributed by atoms with Crippen LogP contribution in [0.15, 0.2) is 63.9 Å². The van der Waals surface area contributed by atoms with Crippen LogP contribution in [0.25, 0.3) is 6.08 Å². The number of hydrogen-bond acceptors (Lipinski definition) is 7. The highest BCUT2D eigenvalue weighted by Gasteiger charge is 2.38. The second kappa shape index (κ2) is 11.5. The van der Waals surface area contributed by atoms with Gasteiger partial charge in [0.25, 0.3) is 5.91 Å². The Labute approximate surface area is 224 Å². The highest BCUT2D eigenvalue weighted by atomic mass is 35.5. The van der Waals surface area contributed by atoms with Crippen LogP contribution in [0.1, 0.15) is 43.2 Å². The molecule has 186 valence electrons. The lowest BCUT2D eigenvalue weighted by molar-refractivity contribution is -0.124. The maximum Gasteiger partial charge on any atom is 0.267 e. The first-order valence-corrected chi connectivity index (χ1v) is 13.9. The van der Waals surface area contributed by atoms with Crippen LogP contribution in [0.5, 0.6) is 11.5 Å². The molecule has 1 aliphatic carbocycles. The van der Waals surface area contributed by atoms with Crippen LogP contribution in [0.4, 0.5) is 5.13 Å². The maximum atomic E-state index is 13.5. The number of carbonyl (C=O) groups is 1. The van der Waals surface area contributed by atoms with Crippen LogP contribution in [0.2, 0.25) is 5.02 Å². The van der Waals surface area contributed by atoms with E-state index in [2.05, 4.69) is 4.98 Å². The molecule has 0 radical (unpaired) electrons. The minimum absolute atomic E-state index is 0.00392. The molecule has 1 amide bonds. The standard InChI is InChI=1S/C27H26ClN3O3S2/c1-33-23-15-19(9-12-22(23)34-17-18-7-10-20(28)11-8-18)16-24-25(32)31(21-5-3-2-4-6-21)27(36-24)30-26-29-13-14-35-26/h7-16,21H,2-6,17H2,1H3/b24-16-,30-27+. The molecule has 2 aliphatic rings. The summed E-state index contributed by atoms with van der Waals surface area (Å²) in [6.45, 7) is 0.398. The van der Waals surface area contributed by atoms with Gasteiger partial charge in [0.2, 0.25) is 5.13 Å². The Morgan fingerprint density at radius 2 is 1.94 bits per heavy atom. The van der Waals surface area contributed by atoms with E-state index >= 15 is 0 Å². The first kappa shape index (κ1) is 24.9. The Hall–Kier alpha value is -2.81. The molecule has 1 saturated carbocycles. The van der Waals surface area contributed by atoms with Crippen molar-refractivity contribution in [2.24, 2.45) is 4.99 Å². The highest BCUT2D eigenvalue weighted by molar-refractivity contribution is 8.18. The molecule has 9 heteroatoms. The third-order valence-corrected chi connectivity index (χ3v) is 8.08. The fraction of sp³-hybridized carbons (Fsp3) is 0.296. The highest BCUT2D eigenvalue weighted by Crippen LogP contribution is 2.39. The summed E-state index contributed by atoms with van der Waals surface area (Å²) < 4.78 is 11.6. The van der Waals surface area contributed by atoms with E-state index in [9.17, 15) is 4.79 Å². The summed E-state index contributed by atoms with van der Waals surface area (Å²) >= 11 is 8.85. The maximum absolute atomic E-state index is 13.5. The Kier molecular flexibility index (Phi) is 7.94. The van der Waals surface area contributed by atoms with Gasteiger partial charge in [0.15, 0.2) is 16.7 Å². The lowest BCUT2D eigenvalue weighted by Gasteiger charge is -2.30. The normalized spacial score (nSPS) is 18.8. The Morgan fingerprint density at radius 1 is 1.14 bits per heavy atom. The lowest BCUT2D eigenvalue weighted by Crippen LogP contribution is -2.40. The minimum atomic E-state index is 0.00392. The molecule has 36 heavy (non-hydrogen) atoms. The summed E-state index contributed by atoms with van der Waals surface area (Å²) in [4.78, 5) is 25.1. The molecular weight excluding hydrogens is 514 g/mol. The molecule has 1 saturated heterocycles. The Balaban J connectivity index is 1.38. The molecule has 1 aliphatic heterocycles. The predicted octanol–water partition coefficient (Wildman–Crippen LogP) is 7.32. The lowest BCUT2D eigenvalue weighted by atomic mass is 9.94. The van der Waals surface area contributed by atoms with E-state index < -0.39 is 0 Å². The zero-order chi connectivity index (χ0) is 24.9. The number of amides is 1. The van der Waals surface area contributed by atoms with E-state index in [4.69, 9.17) is 26.1 Å². The molecule has 0 spiro atoms. The quantitative estimate of drug-likeness (QED) is 0.294. The molecule has 2 aromatic carbocycles. The molecular formula is C27H26ClN3O3S2. The molecule has 0 N–H and O–H groups in total. The third-order valence-electron chi connectivity index (χ3n) is 6.18. The van der Waals surface area contributed by atoms with Crippen molar-refractivity contribution < 1.29 is 14.3 Å². The number of thioether (sulfide) groups is 1. The molecule has 3 aromatic rings. The van der Waals surface area contributed by atoms with Crippen LogP contribution >= 0.6 is 34.7 Å². The van der Waals surface area contributed by atoms with Gasteiger partial charge in [0.05, 0.1) is 12.0 Å². The number of ether oxygens (including phenoxy) is 2. The average molecular weight is 540 g/mol. The second-order valence-corrected chi connectivity index (χ2v) is 10.9. The van der Waals surface area contributed by atoms with E-state index in [1.807, 2.05) is 58.8 Å². The number of thiazole rings is 1. The molecule has 0 unspecified atom stereocenters. The SMILES string of the molecule is COc1cc(/C=C2\S/C(=N/c3nccs3)N(C3CCCCC3)C2=O)ccc1OCc1ccc(Cl)cc1. The number of carbonyl (C=O) groups excluding carboxylic acids is 1. The first-order valence-electron chi connectivity index (χ1n) is 11.9. The van der Waals surface area contributed by atoms with Crippen molar-refractivity contribution in [2.45, 2.75) is 44.8 Å². The van der Waals surface area contributed by atoms with Gasteiger partial charge in [-0.15, -0.1) is 11.3 Å². The van der Waals surface area contributed by atoms with Crippen LogP contribution in [-0.4, -0.2) is 34.1 Å². The van der Waals surface area contributed by atoms with Crippen molar-refractivity contribution in [2.75, 3.05) is 7.11 Å². The van der Waals surface area contributed by atoms with Crippen molar-refractivity contribution in [1.29, 1.82) is 0 Å². The summed E-state index contributed by atoms with van der Waals surface area (Å²) in [7, 11) is 1.61. The second-order valence-electron chi connectivity index (χ2n) is 8.61. The largest absolute Gasteiger partial charge is 0.493 e. The van der Waals surface area contributed by atoms with Crippen LogP contribution in [0.3, 0.4) is 0 Å². The van der Waals surface area contributed by atoms with Crippen molar-refractivity contribution in [3.8, 4) is 11.5 Å². The van der Waals surface area contributed by atoms with Crippen molar-refractivity contribution in [1.82, 2.24) is 9.88 Å². The number of rotatable bonds is 7. The Bertz CT molecular complexity index is 1270. The zero-order valence-electron chi connectivity index (χ0n) is 19.9. The van der Waals surface area contributed by atoms with E-state index in [0.29, 0.717) is 38.3 Å². The molecule has 6 nitrogen and oxygen atoms in total. The first-order chi connectivity index (χ1) is 17.6. The topological polar surface area (TPSA) is 64.0 Å². The number of amidine groups is 1. The van der Waals surface area contributed by atoms with Gasteiger partial charge in [-0.3, -0.25) is 9.69 Å². The smallest absolute Gasteiger partial charge is 0.267 e. The van der Waals surface area contributed by atoms with Crippen LogP contribution in [-0.2, 0) is 11.4 Å². The number of nitrogens with zero attached hydrogens (tertiary/aromatic N) is 3. The van der Waals surface area contributed by atoms with Gasteiger partial charge in [-0.05, 0) is 66.1 Å². The fourth-order valence-corrected chi connectivity index (χ4v) is 6.09. The number of benzene rings is 2. The van der Waals surface area contributed by atoms with Gasteiger partial charge in [-0.2, -0.15) is 4.99 Å². The van der Waals surface area contributed by atoms with Gasteiger partial charge in [-0.1, -0.05) is 49.1 Å². The summed E-state index contributed by atoms with van der Waals surface area (Å²) in [5.41, 5.74) is 1.87. The van der Waals surface area contributed by atoms with Crippen molar-refractivity contribution in [3.63, 3.8) is 0 Å². The number of aromatic nitrogens is 1. The number of methoxy groups -OCH3 is 1. The van der Waals surface area contributed by atoms with Crippen LogP contribution in [0, 0.1) is 0 Å². The summed E-state index contributed by atoms with van der Waals surface area (Å²) in [5, 5.41) is 3.96. The van der Waals surface area contributed by atoms with Gasteiger partial charge in [0, 0.05) is 22.6 Å². The third kappa shape index (κ3) is 5.77. The monoisotopic (exact) mass is 539 g/mol. The molecule has 0 atom stereocenters. The van der Waals surface area contributed by atoms with E-state index in [-0.39, 0.29) is 11.9 Å². The molecule has 5 rings (SSSR count). The predicted molar refractivity (Wildman–Crippen MR) is 147 cm³/mol. The van der Waals surface area contributed by atoms with E-state index in [1.54, 1.807) is 13.3 Å². The summed E-state index contributed by atoms with van der Waals surface area (Å²) in [6.07, 6.45) is 9.14. The minimum Gasteiger partial charge on any atom is -0.493 e. The van der Waals surface area contributed by atoms with Gasteiger partial charge in [-0.25, -0.2) is 4.98 Å². The molecule has 2 fully saturated rings. The Morgan fingerprint density at radius 3 is 2.67 bits per heavy atom. The fourth-order valence-electron chi connectivity index (χ4n) is 4.37. The zero-order valence-corrected chi connectivity index (χ0v) is 22.2. The van der Waals surface area contributed by atoms with Gasteiger partial charge >= 0.3 is 0 Å². The molecule has 1 aromatic heterocycles. The van der Waals surface area contributed by atoms with Crippen molar-refractivity contribution in [3.05, 3.63) is 75.1 Å². The van der Waals surface area contributed by atoms with Gasteiger partial charge < -0.3 is 9.47 Å². The number of halogens is 1. The van der Waals surface area contributed by atoms with Crippen molar-refractivity contribution >= 4 is 57.0 Å². The van der Waals surface area contributed by atoms with E-state index in [1.165, 1.54) is 29.5 Å². The van der Waals surface area contributed by atoms with Gasteiger partial charge in [0.1, 0.15) is 6.61 Å². The molecule has 0 bridgehead atoms. The summed E-state index contributed by atoms with van der Waals surface area (Å²) in [6, 6.07) is 13.4. The van der Waals surface area contributed by atoms with E-state index in [0.717, 1.165) is 36.8 Å². The molecule has 2 heterocycles. The number of hydrogen-bond donors (Lipinski definition) is 0. The number of aliphatic imine (C=N–C) groups is 1. The average Bonchev–Trinajstić information content (AvgIpc) is 3.52. The van der Waals surface area contributed by atoms with Crippen LogP contribution < -0.4 is 9.47 Å². The summed E-state index contributed by atoms with van der Waals surface area (Å²) in [5.74, 6) is 1.24.